The summed E-state index contributed by atoms with van der Waals surface area (Å²) in [5.74, 6) is 0.526. The van der Waals surface area contributed by atoms with E-state index >= 15 is 0 Å². The van der Waals surface area contributed by atoms with Crippen LogP contribution in [0, 0.1) is 6.92 Å². The molecule has 0 atom stereocenters. The number of nitrogens with zero attached hydrogens (tertiary/aromatic N) is 3. The van der Waals surface area contributed by atoms with Crippen molar-refractivity contribution in [2.75, 3.05) is 0 Å². The van der Waals surface area contributed by atoms with Gasteiger partial charge in [-0.05, 0) is 27.7 Å². The van der Waals surface area contributed by atoms with Gasteiger partial charge in [-0.15, -0.1) is 0 Å². The molecule has 0 spiro atoms. The molecule has 0 aliphatic carbocycles. The summed E-state index contributed by atoms with van der Waals surface area (Å²) in [4.78, 5) is 8.06. The Labute approximate surface area is 88.8 Å². The molecule has 0 radical (unpaired) electrons. The van der Waals surface area contributed by atoms with Crippen molar-refractivity contribution in [2.45, 2.75) is 33.8 Å². The molecular formula is C10H15N3O2. The third-order valence-corrected chi connectivity index (χ3v) is 1.88. The van der Waals surface area contributed by atoms with Crippen LogP contribution in [0.4, 0.5) is 0 Å². The zero-order chi connectivity index (χ0) is 11.4. The van der Waals surface area contributed by atoms with Crippen molar-refractivity contribution in [3.8, 4) is 5.88 Å². The van der Waals surface area contributed by atoms with Crippen molar-refractivity contribution in [1.82, 2.24) is 9.97 Å². The zero-order valence-corrected chi connectivity index (χ0v) is 9.35. The third kappa shape index (κ3) is 2.65. The van der Waals surface area contributed by atoms with Gasteiger partial charge in [0.05, 0.1) is 11.8 Å². The Kier molecular flexibility index (Phi) is 3.60. The fourth-order valence-electron chi connectivity index (χ4n) is 1.19. The molecule has 0 aliphatic heterocycles. The van der Waals surface area contributed by atoms with Crippen molar-refractivity contribution in [3.05, 3.63) is 17.6 Å². The third-order valence-electron chi connectivity index (χ3n) is 1.88. The molecule has 0 fully saturated rings. The molecule has 0 aliphatic rings. The number of hydrogen-bond donors (Lipinski definition) is 1. The van der Waals surface area contributed by atoms with E-state index in [-0.39, 0.29) is 6.10 Å². The summed E-state index contributed by atoms with van der Waals surface area (Å²) in [6.07, 6.45) is 1.45. The largest absolute Gasteiger partial charge is 0.475 e. The molecule has 5 heteroatoms. The van der Waals surface area contributed by atoms with Crippen LogP contribution in [0.5, 0.6) is 5.88 Å². The molecule has 1 aromatic rings. The number of rotatable bonds is 3. The second kappa shape index (κ2) is 4.72. The average molecular weight is 209 g/mol. The highest BCUT2D eigenvalue weighted by molar-refractivity contribution is 5.97. The molecule has 1 heterocycles. The van der Waals surface area contributed by atoms with E-state index in [0.717, 1.165) is 5.56 Å². The van der Waals surface area contributed by atoms with E-state index in [0.29, 0.717) is 17.3 Å². The van der Waals surface area contributed by atoms with Gasteiger partial charge in [0.15, 0.2) is 0 Å². The second-order valence-electron chi connectivity index (χ2n) is 3.50. The van der Waals surface area contributed by atoms with Gasteiger partial charge in [0, 0.05) is 5.56 Å². The first kappa shape index (κ1) is 11.4. The zero-order valence-electron chi connectivity index (χ0n) is 9.35. The van der Waals surface area contributed by atoms with E-state index in [4.69, 9.17) is 9.94 Å². The van der Waals surface area contributed by atoms with Crippen LogP contribution in [0.15, 0.2) is 11.5 Å². The monoisotopic (exact) mass is 209 g/mol. The predicted octanol–water partition coefficient (Wildman–Crippen LogP) is 1.77. The van der Waals surface area contributed by atoms with Crippen LogP contribution >= 0.6 is 0 Å². The summed E-state index contributed by atoms with van der Waals surface area (Å²) in [7, 11) is 0. The van der Waals surface area contributed by atoms with Gasteiger partial charge in [0.2, 0.25) is 5.88 Å². The first-order chi connectivity index (χ1) is 7.06. The van der Waals surface area contributed by atoms with E-state index in [2.05, 4.69) is 15.1 Å². The smallest absolute Gasteiger partial charge is 0.220 e. The minimum atomic E-state index is 0.0535. The van der Waals surface area contributed by atoms with Crippen molar-refractivity contribution >= 4 is 5.71 Å². The lowest BCUT2D eigenvalue weighted by Gasteiger charge is -2.12. The number of oxime groups is 1. The van der Waals surface area contributed by atoms with Gasteiger partial charge in [-0.1, -0.05) is 5.16 Å². The highest BCUT2D eigenvalue weighted by Crippen LogP contribution is 2.17. The summed E-state index contributed by atoms with van der Waals surface area (Å²) in [5.41, 5.74) is 1.83. The number of hydrogen-bond acceptors (Lipinski definition) is 5. The fraction of sp³-hybridized carbons (Fsp3) is 0.500. The van der Waals surface area contributed by atoms with Crippen LogP contribution in [0.2, 0.25) is 0 Å². The lowest BCUT2D eigenvalue weighted by atomic mass is 10.2. The van der Waals surface area contributed by atoms with Gasteiger partial charge in [-0.3, -0.25) is 0 Å². The quantitative estimate of drug-likeness (QED) is 0.468. The Morgan fingerprint density at radius 2 is 2.13 bits per heavy atom. The van der Waals surface area contributed by atoms with Crippen LogP contribution < -0.4 is 4.74 Å². The van der Waals surface area contributed by atoms with Crippen LogP contribution in [0.3, 0.4) is 0 Å². The maximum Gasteiger partial charge on any atom is 0.220 e. The molecular weight excluding hydrogens is 194 g/mol. The number of aromatic nitrogens is 2. The fourth-order valence-corrected chi connectivity index (χ4v) is 1.19. The van der Waals surface area contributed by atoms with Gasteiger partial charge in [0.25, 0.3) is 0 Å². The van der Waals surface area contributed by atoms with Gasteiger partial charge in [-0.2, -0.15) is 0 Å². The Hall–Kier alpha value is -1.65. The van der Waals surface area contributed by atoms with Crippen LogP contribution in [0.1, 0.15) is 32.0 Å². The van der Waals surface area contributed by atoms with Gasteiger partial charge >= 0.3 is 0 Å². The average Bonchev–Trinajstić information content (AvgIpc) is 2.19. The Balaban J connectivity index is 3.11. The molecule has 82 valence electrons. The molecule has 1 aromatic heterocycles. The van der Waals surface area contributed by atoms with Gasteiger partial charge < -0.3 is 9.94 Å². The van der Waals surface area contributed by atoms with Gasteiger partial charge in [0.1, 0.15) is 12.0 Å². The highest BCUT2D eigenvalue weighted by Gasteiger charge is 2.11. The Bertz CT molecular complexity index is 375. The minimum absolute atomic E-state index is 0.0535. The van der Waals surface area contributed by atoms with Crippen LogP contribution in [0.25, 0.3) is 0 Å². The van der Waals surface area contributed by atoms with Gasteiger partial charge in [-0.25, -0.2) is 9.97 Å². The number of ether oxygens (including phenoxy) is 1. The van der Waals surface area contributed by atoms with Crippen molar-refractivity contribution in [1.29, 1.82) is 0 Å². The van der Waals surface area contributed by atoms with Crippen LogP contribution in [-0.4, -0.2) is 27.0 Å². The first-order valence-corrected chi connectivity index (χ1v) is 4.73. The maximum atomic E-state index is 8.67. The van der Waals surface area contributed by atoms with E-state index in [1.165, 1.54) is 6.33 Å². The molecule has 0 saturated carbocycles. The molecule has 1 rings (SSSR count). The summed E-state index contributed by atoms with van der Waals surface area (Å²) in [6, 6.07) is 0. The summed E-state index contributed by atoms with van der Waals surface area (Å²) < 4.78 is 5.49. The molecule has 0 unspecified atom stereocenters. The SMILES string of the molecule is C/C(=N/O)c1ncnc(OC(C)C)c1C. The predicted molar refractivity (Wildman–Crippen MR) is 56.5 cm³/mol. The highest BCUT2D eigenvalue weighted by atomic mass is 16.5. The summed E-state index contributed by atoms with van der Waals surface area (Å²) >= 11 is 0. The van der Waals surface area contributed by atoms with Crippen molar-refractivity contribution in [3.63, 3.8) is 0 Å². The first-order valence-electron chi connectivity index (χ1n) is 4.73. The molecule has 15 heavy (non-hydrogen) atoms. The molecule has 1 N–H and O–H groups in total. The molecule has 0 bridgehead atoms. The molecule has 0 aromatic carbocycles. The Morgan fingerprint density at radius 3 is 2.67 bits per heavy atom. The minimum Gasteiger partial charge on any atom is -0.475 e. The molecule has 0 amide bonds. The van der Waals surface area contributed by atoms with E-state index in [1.807, 2.05) is 20.8 Å². The van der Waals surface area contributed by atoms with Crippen molar-refractivity contribution in [2.24, 2.45) is 5.16 Å². The maximum absolute atomic E-state index is 8.67. The summed E-state index contributed by atoms with van der Waals surface area (Å²) in [6.45, 7) is 7.36. The topological polar surface area (TPSA) is 67.6 Å². The van der Waals surface area contributed by atoms with Crippen LogP contribution in [-0.2, 0) is 0 Å². The molecule has 0 saturated heterocycles. The lowest BCUT2D eigenvalue weighted by Crippen LogP contribution is -2.11. The van der Waals surface area contributed by atoms with E-state index in [1.54, 1.807) is 6.92 Å². The Morgan fingerprint density at radius 1 is 1.47 bits per heavy atom. The molecule has 5 nitrogen and oxygen atoms in total. The summed E-state index contributed by atoms with van der Waals surface area (Å²) in [5, 5.41) is 11.8. The second-order valence-corrected chi connectivity index (χ2v) is 3.50. The standard InChI is InChI=1S/C10H15N3O2/c1-6(2)15-10-7(3)9(8(4)13-14)11-5-12-10/h5-6,14H,1-4H3/b13-8-. The lowest BCUT2D eigenvalue weighted by molar-refractivity contribution is 0.230. The van der Waals surface area contributed by atoms with Crippen molar-refractivity contribution < 1.29 is 9.94 Å². The normalized spacial score (nSPS) is 11.9. The van der Waals surface area contributed by atoms with E-state index < -0.39 is 0 Å². The van der Waals surface area contributed by atoms with E-state index in [9.17, 15) is 0 Å².